The fraction of sp³-hybridized carbons (Fsp3) is 0.923. The lowest BCUT2D eigenvalue weighted by atomic mass is 9.89. The van der Waals surface area contributed by atoms with Gasteiger partial charge in [-0.25, -0.2) is 0 Å². The minimum Gasteiger partial charge on any atom is -0.299 e. The van der Waals surface area contributed by atoms with E-state index in [0.717, 1.165) is 18.9 Å². The molecule has 0 saturated carbocycles. The molecule has 0 aromatic heterocycles. The molecule has 2 atom stereocenters. The number of Topliss-reactive ketones (excluding diaryl/α,β-unsaturated/α-hetero) is 1. The Morgan fingerprint density at radius 2 is 2.00 bits per heavy atom. The molecule has 0 bridgehead atoms. The number of thioether (sulfide) groups is 1. The zero-order chi connectivity index (χ0) is 11.5. The number of hydrogen-bond donors (Lipinski definition) is 0. The van der Waals surface area contributed by atoms with E-state index < -0.39 is 0 Å². The number of hydrogen-bond acceptors (Lipinski definition) is 3. The molecule has 2 nitrogen and oxygen atoms in total. The summed E-state index contributed by atoms with van der Waals surface area (Å²) < 4.78 is 0. The average molecular weight is 241 g/mol. The third-order valence-electron chi connectivity index (χ3n) is 4.29. The second-order valence-corrected chi connectivity index (χ2v) is 6.52. The van der Waals surface area contributed by atoms with Crippen molar-refractivity contribution in [1.29, 1.82) is 0 Å². The normalized spacial score (nSPS) is 34.2. The van der Waals surface area contributed by atoms with Gasteiger partial charge in [0, 0.05) is 31.5 Å². The predicted octanol–water partition coefficient (Wildman–Crippen LogP) is 2.43. The molecule has 2 fully saturated rings. The van der Waals surface area contributed by atoms with Gasteiger partial charge in [-0.1, -0.05) is 6.92 Å². The van der Waals surface area contributed by atoms with Gasteiger partial charge in [-0.05, 0) is 37.2 Å². The van der Waals surface area contributed by atoms with Gasteiger partial charge in [-0.15, -0.1) is 0 Å². The van der Waals surface area contributed by atoms with Crippen molar-refractivity contribution in [3.8, 4) is 0 Å². The number of rotatable bonds is 2. The second kappa shape index (κ2) is 5.54. The highest BCUT2D eigenvalue weighted by Gasteiger charge is 2.31. The molecule has 0 N–H and O–H groups in total. The summed E-state index contributed by atoms with van der Waals surface area (Å²) in [5, 5.41) is 0. The van der Waals surface area contributed by atoms with E-state index in [1.165, 1.54) is 30.9 Å². The standard InChI is InChI=1S/C13H23NOS/c1-10-11(2)14(6-3-13(10)15)9-12-4-7-16-8-5-12/h10-12H,3-9H2,1-2H3. The number of carbonyl (C=O) groups excluding carboxylic acids is 1. The second-order valence-electron chi connectivity index (χ2n) is 5.30. The van der Waals surface area contributed by atoms with E-state index in [9.17, 15) is 4.79 Å². The lowest BCUT2D eigenvalue weighted by molar-refractivity contribution is -0.128. The highest BCUT2D eigenvalue weighted by atomic mass is 32.2. The summed E-state index contributed by atoms with van der Waals surface area (Å²) in [6.45, 7) is 6.53. The predicted molar refractivity (Wildman–Crippen MR) is 69.9 cm³/mol. The van der Waals surface area contributed by atoms with E-state index >= 15 is 0 Å². The molecule has 3 heteroatoms. The molecular weight excluding hydrogens is 218 g/mol. The van der Waals surface area contributed by atoms with Crippen LogP contribution in [0, 0.1) is 11.8 Å². The van der Waals surface area contributed by atoms with Crippen molar-refractivity contribution in [2.75, 3.05) is 24.6 Å². The zero-order valence-corrected chi connectivity index (χ0v) is 11.3. The van der Waals surface area contributed by atoms with Crippen LogP contribution in [0.5, 0.6) is 0 Å². The Labute approximate surface area is 103 Å². The van der Waals surface area contributed by atoms with E-state index in [1.54, 1.807) is 0 Å². The van der Waals surface area contributed by atoms with Crippen LogP contribution in [-0.2, 0) is 4.79 Å². The van der Waals surface area contributed by atoms with Crippen LogP contribution in [0.3, 0.4) is 0 Å². The third-order valence-corrected chi connectivity index (χ3v) is 5.34. The highest BCUT2D eigenvalue weighted by Crippen LogP contribution is 2.27. The molecule has 0 amide bonds. The number of carbonyl (C=O) groups is 1. The maximum atomic E-state index is 11.6. The van der Waals surface area contributed by atoms with E-state index in [2.05, 4.69) is 30.5 Å². The van der Waals surface area contributed by atoms with Crippen molar-refractivity contribution in [2.45, 2.75) is 39.2 Å². The molecule has 2 aliphatic rings. The van der Waals surface area contributed by atoms with Crippen LogP contribution < -0.4 is 0 Å². The van der Waals surface area contributed by atoms with Crippen LogP contribution >= 0.6 is 11.8 Å². The fourth-order valence-electron chi connectivity index (χ4n) is 2.79. The van der Waals surface area contributed by atoms with E-state index in [0.29, 0.717) is 11.8 Å². The largest absolute Gasteiger partial charge is 0.299 e. The van der Waals surface area contributed by atoms with E-state index in [4.69, 9.17) is 0 Å². The Balaban J connectivity index is 1.86. The van der Waals surface area contributed by atoms with Gasteiger partial charge in [0.05, 0.1) is 0 Å². The minimum atomic E-state index is 0.242. The summed E-state index contributed by atoms with van der Waals surface area (Å²) >= 11 is 2.09. The molecule has 0 aromatic rings. The Morgan fingerprint density at radius 3 is 2.69 bits per heavy atom. The summed E-state index contributed by atoms with van der Waals surface area (Å²) in [4.78, 5) is 14.2. The smallest absolute Gasteiger partial charge is 0.138 e. The van der Waals surface area contributed by atoms with Crippen LogP contribution in [0.25, 0.3) is 0 Å². The van der Waals surface area contributed by atoms with Gasteiger partial charge in [0.25, 0.3) is 0 Å². The molecule has 2 rings (SSSR count). The summed E-state index contributed by atoms with van der Waals surface area (Å²) in [7, 11) is 0. The first-order chi connectivity index (χ1) is 7.68. The molecule has 0 radical (unpaired) electrons. The van der Waals surface area contributed by atoms with Crippen molar-refractivity contribution < 1.29 is 4.79 Å². The molecule has 2 aliphatic heterocycles. The minimum absolute atomic E-state index is 0.242. The van der Waals surface area contributed by atoms with Crippen LogP contribution in [-0.4, -0.2) is 41.3 Å². The Kier molecular flexibility index (Phi) is 4.31. The SMILES string of the molecule is CC1C(=O)CCN(CC2CCSCC2)C1C. The third kappa shape index (κ3) is 2.80. The maximum absolute atomic E-state index is 11.6. The molecule has 2 heterocycles. The van der Waals surface area contributed by atoms with Crippen molar-refractivity contribution in [3.63, 3.8) is 0 Å². The number of likely N-dealkylation sites (tertiary alicyclic amines) is 1. The van der Waals surface area contributed by atoms with Crippen LogP contribution in [0.1, 0.15) is 33.1 Å². The van der Waals surface area contributed by atoms with Gasteiger partial charge < -0.3 is 0 Å². The highest BCUT2D eigenvalue weighted by molar-refractivity contribution is 7.99. The van der Waals surface area contributed by atoms with E-state index in [-0.39, 0.29) is 5.92 Å². The fourth-order valence-corrected chi connectivity index (χ4v) is 3.99. The van der Waals surface area contributed by atoms with Crippen LogP contribution in [0.4, 0.5) is 0 Å². The van der Waals surface area contributed by atoms with Gasteiger partial charge in [0.1, 0.15) is 5.78 Å². The van der Waals surface area contributed by atoms with E-state index in [1.807, 2.05) is 0 Å². The summed E-state index contributed by atoms with van der Waals surface area (Å²) in [5.41, 5.74) is 0. The molecule has 2 unspecified atom stereocenters. The Hall–Kier alpha value is -0.0200. The molecule has 0 spiro atoms. The molecule has 0 aliphatic carbocycles. The summed E-state index contributed by atoms with van der Waals surface area (Å²) in [6, 6.07) is 0.454. The first-order valence-corrected chi connectivity index (χ1v) is 7.68. The van der Waals surface area contributed by atoms with Crippen molar-refractivity contribution >= 4 is 17.5 Å². The Morgan fingerprint density at radius 1 is 1.31 bits per heavy atom. The van der Waals surface area contributed by atoms with Gasteiger partial charge >= 0.3 is 0 Å². The van der Waals surface area contributed by atoms with Gasteiger partial charge in [-0.2, -0.15) is 11.8 Å². The molecule has 92 valence electrons. The summed E-state index contributed by atoms with van der Waals surface area (Å²) in [6.07, 6.45) is 3.51. The van der Waals surface area contributed by atoms with Crippen LogP contribution in [0.15, 0.2) is 0 Å². The number of piperidine rings is 1. The van der Waals surface area contributed by atoms with Crippen LogP contribution in [0.2, 0.25) is 0 Å². The molecular formula is C13H23NOS. The van der Waals surface area contributed by atoms with Crippen molar-refractivity contribution in [1.82, 2.24) is 4.90 Å². The zero-order valence-electron chi connectivity index (χ0n) is 10.4. The topological polar surface area (TPSA) is 20.3 Å². The number of nitrogens with zero attached hydrogens (tertiary/aromatic N) is 1. The maximum Gasteiger partial charge on any atom is 0.138 e. The quantitative estimate of drug-likeness (QED) is 0.740. The molecule has 2 saturated heterocycles. The van der Waals surface area contributed by atoms with Crippen molar-refractivity contribution in [2.24, 2.45) is 11.8 Å². The molecule has 16 heavy (non-hydrogen) atoms. The Bertz CT molecular complexity index is 250. The molecule has 0 aromatic carbocycles. The number of ketones is 1. The van der Waals surface area contributed by atoms with Crippen molar-refractivity contribution in [3.05, 3.63) is 0 Å². The van der Waals surface area contributed by atoms with Gasteiger partial charge in [0.15, 0.2) is 0 Å². The average Bonchev–Trinajstić information content (AvgIpc) is 2.31. The lowest BCUT2D eigenvalue weighted by Gasteiger charge is -2.39. The monoisotopic (exact) mass is 241 g/mol. The first-order valence-electron chi connectivity index (χ1n) is 6.53. The summed E-state index contributed by atoms with van der Waals surface area (Å²) in [5.74, 6) is 4.25. The van der Waals surface area contributed by atoms with Gasteiger partial charge in [0.2, 0.25) is 0 Å². The first kappa shape index (κ1) is 12.4. The lowest BCUT2D eigenvalue weighted by Crippen LogP contribution is -2.48. The van der Waals surface area contributed by atoms with Gasteiger partial charge in [-0.3, -0.25) is 9.69 Å².